The van der Waals surface area contributed by atoms with Crippen LogP contribution in [-0.2, 0) is 0 Å². The lowest BCUT2D eigenvalue weighted by atomic mass is 10.2. The molecule has 0 radical (unpaired) electrons. The highest BCUT2D eigenvalue weighted by Crippen LogP contribution is 2.30. The van der Waals surface area contributed by atoms with Gasteiger partial charge in [0.05, 0.1) is 0 Å². The molecule has 13 heavy (non-hydrogen) atoms. The first-order valence-electron chi connectivity index (χ1n) is 5.17. The fourth-order valence-corrected chi connectivity index (χ4v) is 3.32. The summed E-state index contributed by atoms with van der Waals surface area (Å²) in [6, 6.07) is 0.705. The molecule has 78 valence electrons. The molecule has 1 rings (SSSR count). The van der Waals surface area contributed by atoms with Gasteiger partial charge in [-0.1, -0.05) is 13.3 Å². The van der Waals surface area contributed by atoms with E-state index in [2.05, 4.69) is 19.3 Å². The topological polar surface area (TPSA) is 32.3 Å². The Labute approximate surface area is 85.5 Å². The smallest absolute Gasteiger partial charge is 0.0464 e. The lowest BCUT2D eigenvalue weighted by Crippen LogP contribution is -2.31. The first-order valence-corrected chi connectivity index (χ1v) is 6.22. The molecular weight excluding hydrogens is 182 g/mol. The molecule has 1 aliphatic carbocycles. The fourth-order valence-electron chi connectivity index (χ4n) is 1.80. The molecule has 3 unspecified atom stereocenters. The van der Waals surface area contributed by atoms with Crippen molar-refractivity contribution in [3.63, 3.8) is 0 Å². The number of thioether (sulfide) groups is 1. The second-order valence-corrected chi connectivity index (χ2v) is 5.26. The van der Waals surface area contributed by atoms with Crippen LogP contribution in [0.4, 0.5) is 0 Å². The van der Waals surface area contributed by atoms with Crippen LogP contribution in [0.25, 0.3) is 0 Å². The van der Waals surface area contributed by atoms with Gasteiger partial charge in [0, 0.05) is 17.9 Å². The predicted octanol–water partition coefficient (Wildman–Crippen LogP) is 1.49. The zero-order valence-electron chi connectivity index (χ0n) is 8.62. The summed E-state index contributed by atoms with van der Waals surface area (Å²) in [7, 11) is 2.05. The molecule has 1 fully saturated rings. The van der Waals surface area contributed by atoms with Crippen molar-refractivity contribution in [2.24, 2.45) is 5.92 Å². The maximum Gasteiger partial charge on any atom is 0.0464 e. The molecule has 1 saturated carbocycles. The van der Waals surface area contributed by atoms with Crippen molar-refractivity contribution in [3.8, 4) is 0 Å². The molecule has 0 aromatic heterocycles. The Bertz CT molecular complexity index is 143. The molecule has 0 spiro atoms. The largest absolute Gasteiger partial charge is 0.396 e. The average molecular weight is 203 g/mol. The van der Waals surface area contributed by atoms with E-state index in [4.69, 9.17) is 5.11 Å². The standard InChI is InChI=1S/C10H21NOS/c1-8(6-12)7-13-10-5-3-4-9(10)11-2/h8-12H,3-7H2,1-2H3. The van der Waals surface area contributed by atoms with Gasteiger partial charge >= 0.3 is 0 Å². The molecule has 0 saturated heterocycles. The van der Waals surface area contributed by atoms with Gasteiger partial charge in [-0.3, -0.25) is 0 Å². The predicted molar refractivity (Wildman–Crippen MR) is 59.2 cm³/mol. The molecule has 2 nitrogen and oxygen atoms in total. The summed E-state index contributed by atoms with van der Waals surface area (Å²) in [4.78, 5) is 0. The third kappa shape index (κ3) is 3.49. The van der Waals surface area contributed by atoms with E-state index in [1.165, 1.54) is 19.3 Å². The molecule has 0 aliphatic heterocycles. The van der Waals surface area contributed by atoms with Gasteiger partial charge in [-0.25, -0.2) is 0 Å². The highest BCUT2D eigenvalue weighted by atomic mass is 32.2. The molecule has 0 amide bonds. The minimum Gasteiger partial charge on any atom is -0.396 e. The highest BCUT2D eigenvalue weighted by Gasteiger charge is 2.26. The second-order valence-electron chi connectivity index (χ2n) is 3.99. The van der Waals surface area contributed by atoms with Gasteiger partial charge in [-0.2, -0.15) is 11.8 Å². The SMILES string of the molecule is CNC1CCCC1SCC(C)CO. The Morgan fingerprint density at radius 1 is 1.54 bits per heavy atom. The highest BCUT2D eigenvalue weighted by molar-refractivity contribution is 7.99. The molecule has 3 heteroatoms. The molecule has 0 aromatic carbocycles. The van der Waals surface area contributed by atoms with Gasteiger partial charge in [0.2, 0.25) is 0 Å². The van der Waals surface area contributed by atoms with Gasteiger partial charge in [0.25, 0.3) is 0 Å². The minimum atomic E-state index is 0.323. The Kier molecular flexibility index (Phi) is 5.14. The summed E-state index contributed by atoms with van der Waals surface area (Å²) < 4.78 is 0. The van der Waals surface area contributed by atoms with Crippen LogP contribution in [0, 0.1) is 5.92 Å². The van der Waals surface area contributed by atoms with E-state index >= 15 is 0 Å². The van der Waals surface area contributed by atoms with Crippen molar-refractivity contribution >= 4 is 11.8 Å². The number of rotatable bonds is 5. The van der Waals surface area contributed by atoms with Crippen molar-refractivity contribution in [1.82, 2.24) is 5.32 Å². The minimum absolute atomic E-state index is 0.323. The normalized spacial score (nSPS) is 30.7. The maximum atomic E-state index is 8.90. The van der Waals surface area contributed by atoms with Gasteiger partial charge in [0.1, 0.15) is 0 Å². The van der Waals surface area contributed by atoms with Crippen LogP contribution in [-0.4, -0.2) is 35.8 Å². The van der Waals surface area contributed by atoms with Crippen molar-refractivity contribution in [1.29, 1.82) is 0 Å². The average Bonchev–Trinajstić information content (AvgIpc) is 2.61. The maximum absolute atomic E-state index is 8.90. The number of hydrogen-bond donors (Lipinski definition) is 2. The van der Waals surface area contributed by atoms with Crippen molar-refractivity contribution in [2.75, 3.05) is 19.4 Å². The third-order valence-electron chi connectivity index (χ3n) is 2.73. The van der Waals surface area contributed by atoms with E-state index in [0.717, 1.165) is 11.0 Å². The summed E-state index contributed by atoms with van der Waals surface area (Å²) >= 11 is 2.03. The molecule has 2 N–H and O–H groups in total. The third-order valence-corrected chi connectivity index (χ3v) is 4.48. The number of hydrogen-bond acceptors (Lipinski definition) is 3. The lowest BCUT2D eigenvalue weighted by Gasteiger charge is -2.19. The Hall–Kier alpha value is 0.270. The van der Waals surface area contributed by atoms with E-state index in [1.54, 1.807) is 0 Å². The monoisotopic (exact) mass is 203 g/mol. The summed E-state index contributed by atoms with van der Waals surface area (Å²) in [6.07, 6.45) is 4.02. The Morgan fingerprint density at radius 3 is 2.92 bits per heavy atom. The molecule has 0 aromatic rings. The van der Waals surface area contributed by atoms with E-state index in [-0.39, 0.29) is 0 Å². The van der Waals surface area contributed by atoms with Gasteiger partial charge in [-0.15, -0.1) is 0 Å². The van der Waals surface area contributed by atoms with E-state index in [9.17, 15) is 0 Å². The summed E-state index contributed by atoms with van der Waals surface area (Å²) in [6.45, 7) is 2.43. The van der Waals surface area contributed by atoms with Gasteiger partial charge < -0.3 is 10.4 Å². The number of aliphatic hydroxyl groups is 1. The van der Waals surface area contributed by atoms with E-state index in [1.807, 2.05) is 11.8 Å². The zero-order valence-corrected chi connectivity index (χ0v) is 9.44. The summed E-state index contributed by atoms with van der Waals surface area (Å²) in [5, 5.41) is 13.1. The quantitative estimate of drug-likeness (QED) is 0.710. The van der Waals surface area contributed by atoms with Gasteiger partial charge in [-0.05, 0) is 31.6 Å². The van der Waals surface area contributed by atoms with Crippen LogP contribution in [0.1, 0.15) is 26.2 Å². The summed E-state index contributed by atoms with van der Waals surface area (Å²) in [5.74, 6) is 1.54. The second kappa shape index (κ2) is 5.89. The van der Waals surface area contributed by atoms with Crippen LogP contribution < -0.4 is 5.32 Å². The fraction of sp³-hybridized carbons (Fsp3) is 1.00. The number of nitrogens with one attached hydrogen (secondary N) is 1. The van der Waals surface area contributed by atoms with Crippen LogP contribution in [0.3, 0.4) is 0 Å². The lowest BCUT2D eigenvalue weighted by molar-refractivity contribution is 0.250. The van der Waals surface area contributed by atoms with E-state index < -0.39 is 0 Å². The molecule has 1 aliphatic rings. The van der Waals surface area contributed by atoms with Gasteiger partial charge in [0.15, 0.2) is 0 Å². The van der Waals surface area contributed by atoms with E-state index in [0.29, 0.717) is 18.6 Å². The molecule has 0 bridgehead atoms. The molecule has 3 atom stereocenters. The van der Waals surface area contributed by atoms with Crippen molar-refractivity contribution in [2.45, 2.75) is 37.5 Å². The van der Waals surface area contributed by atoms with Crippen molar-refractivity contribution < 1.29 is 5.11 Å². The summed E-state index contributed by atoms with van der Waals surface area (Å²) in [5.41, 5.74) is 0. The Balaban J connectivity index is 2.19. The molecular formula is C10H21NOS. The van der Waals surface area contributed by atoms with Crippen LogP contribution in [0.5, 0.6) is 0 Å². The van der Waals surface area contributed by atoms with Crippen LogP contribution in [0.2, 0.25) is 0 Å². The first-order chi connectivity index (χ1) is 6.27. The zero-order chi connectivity index (χ0) is 9.68. The number of aliphatic hydroxyl groups excluding tert-OH is 1. The first kappa shape index (κ1) is 11.3. The van der Waals surface area contributed by atoms with Crippen LogP contribution in [0.15, 0.2) is 0 Å². The van der Waals surface area contributed by atoms with Crippen molar-refractivity contribution in [3.05, 3.63) is 0 Å². The van der Waals surface area contributed by atoms with Crippen LogP contribution >= 0.6 is 11.8 Å². The Morgan fingerprint density at radius 2 is 2.31 bits per heavy atom. The molecule has 0 heterocycles.